The fraction of sp³-hybridized carbons (Fsp3) is 0.458. The maximum absolute atomic E-state index is 13.0. The predicted molar refractivity (Wildman–Crippen MR) is 133 cm³/mol. The third-order valence-corrected chi connectivity index (χ3v) is 7.40. The summed E-state index contributed by atoms with van der Waals surface area (Å²) in [6.45, 7) is 3.99. The van der Waals surface area contributed by atoms with Gasteiger partial charge in [0, 0.05) is 31.4 Å². The van der Waals surface area contributed by atoms with Crippen LogP contribution in [0.25, 0.3) is 10.2 Å². The van der Waals surface area contributed by atoms with Gasteiger partial charge in [-0.05, 0) is 24.3 Å². The molecule has 1 fully saturated rings. The zero-order chi connectivity index (χ0) is 24.1. The number of nitrogens with zero attached hydrogens (tertiary/aromatic N) is 4. The summed E-state index contributed by atoms with van der Waals surface area (Å²) in [6, 6.07) is 10.0. The first-order chi connectivity index (χ1) is 16.4. The van der Waals surface area contributed by atoms with E-state index < -0.39 is 5.60 Å². The van der Waals surface area contributed by atoms with Crippen molar-refractivity contribution in [2.24, 2.45) is 5.11 Å². The maximum Gasteiger partial charge on any atom is 0.271 e. The van der Waals surface area contributed by atoms with Crippen molar-refractivity contribution >= 4 is 33.1 Å². The number of thiophene rings is 1. The lowest BCUT2D eigenvalue weighted by atomic mass is 9.90. The molecule has 0 saturated carbocycles. The molecule has 1 aliphatic heterocycles. The van der Waals surface area contributed by atoms with Gasteiger partial charge in [0.1, 0.15) is 10.2 Å². The minimum atomic E-state index is -1.06. The highest BCUT2D eigenvalue weighted by Crippen LogP contribution is 2.28. The quantitative estimate of drug-likeness (QED) is 0.318. The number of piperidine rings is 1. The minimum Gasteiger partial charge on any atom is -0.388 e. The Labute approximate surface area is 201 Å². The average Bonchev–Trinajstić information content (AvgIpc) is 3.25. The molecule has 0 unspecified atom stereocenters. The Hall–Kier alpha value is -3.11. The lowest BCUT2D eigenvalue weighted by Crippen LogP contribution is -2.49. The molecular formula is C24H30N6O3S. The first-order valence-corrected chi connectivity index (χ1v) is 12.4. The minimum absolute atomic E-state index is 0.0930. The molecule has 0 spiro atoms. The number of aliphatic hydroxyl groups is 1. The van der Waals surface area contributed by atoms with Gasteiger partial charge in [0.15, 0.2) is 0 Å². The molecule has 34 heavy (non-hydrogen) atoms. The molecule has 1 amide bonds. The molecule has 1 atom stereocenters. The Morgan fingerprint density at radius 1 is 1.32 bits per heavy atom. The molecule has 3 aromatic rings. The van der Waals surface area contributed by atoms with E-state index in [2.05, 4.69) is 22.3 Å². The molecule has 0 radical (unpaired) electrons. The molecule has 180 valence electrons. The van der Waals surface area contributed by atoms with Crippen molar-refractivity contribution in [3.05, 3.63) is 58.0 Å². The smallest absolute Gasteiger partial charge is 0.271 e. The van der Waals surface area contributed by atoms with Crippen LogP contribution in [0, 0.1) is 5.53 Å². The lowest BCUT2D eigenvalue weighted by Gasteiger charge is -2.38. The van der Waals surface area contributed by atoms with Gasteiger partial charge in [-0.25, -0.2) is 10.5 Å². The molecule has 1 saturated heterocycles. The molecule has 0 bridgehead atoms. The summed E-state index contributed by atoms with van der Waals surface area (Å²) in [5.74, 6) is 0.230. The van der Waals surface area contributed by atoms with Crippen LogP contribution in [-0.4, -0.2) is 57.2 Å². The van der Waals surface area contributed by atoms with E-state index in [0.29, 0.717) is 55.7 Å². The Morgan fingerprint density at radius 2 is 2.06 bits per heavy atom. The summed E-state index contributed by atoms with van der Waals surface area (Å²) < 4.78 is 2.00. The highest BCUT2D eigenvalue weighted by Gasteiger charge is 2.35. The monoisotopic (exact) mass is 482 g/mol. The van der Waals surface area contributed by atoms with Crippen LogP contribution < -0.4 is 10.9 Å². The molecule has 4 rings (SSSR count). The largest absolute Gasteiger partial charge is 0.388 e. The van der Waals surface area contributed by atoms with Crippen molar-refractivity contribution in [3.63, 3.8) is 0 Å². The van der Waals surface area contributed by atoms with Gasteiger partial charge in [-0.15, -0.1) is 11.3 Å². The van der Waals surface area contributed by atoms with Crippen molar-refractivity contribution in [2.75, 3.05) is 31.5 Å². The molecule has 10 heteroatoms. The van der Waals surface area contributed by atoms with Gasteiger partial charge in [-0.1, -0.05) is 37.3 Å². The Morgan fingerprint density at radius 3 is 2.76 bits per heavy atom. The second kappa shape index (κ2) is 10.4. The zero-order valence-corrected chi connectivity index (χ0v) is 20.1. The fourth-order valence-electron chi connectivity index (χ4n) is 4.36. The number of fused-ring (bicyclic) bond motifs is 1. The van der Waals surface area contributed by atoms with Gasteiger partial charge in [-0.3, -0.25) is 14.2 Å². The highest BCUT2D eigenvalue weighted by atomic mass is 32.1. The molecule has 1 aromatic carbocycles. The second-order valence-electron chi connectivity index (χ2n) is 8.93. The van der Waals surface area contributed by atoms with Gasteiger partial charge in [0.25, 0.3) is 5.56 Å². The van der Waals surface area contributed by atoms with E-state index in [-0.39, 0.29) is 23.9 Å². The third-order valence-electron chi connectivity index (χ3n) is 6.45. The van der Waals surface area contributed by atoms with E-state index in [1.54, 1.807) is 0 Å². The maximum atomic E-state index is 13.0. The number of benzene rings is 1. The van der Waals surface area contributed by atoms with Crippen molar-refractivity contribution < 1.29 is 9.90 Å². The standard InChI is InChI=1S/C24H30N6O3S/c1-17(18-5-3-2-4-6-18)13-20(31)29-11-7-24(33,8-12-29)15-30-16-27-21-19(26-9-10-28-25)14-34-22(21)23(30)32/h2-6,14,16-17,25-26,33H,7-13,15H2,1H3/t17-/m1/s1. The summed E-state index contributed by atoms with van der Waals surface area (Å²) >= 11 is 1.31. The topological polar surface area (TPSA) is 124 Å². The Kier molecular flexibility index (Phi) is 7.38. The Balaban J connectivity index is 1.37. The SMILES string of the molecule is C[C@H](CC(=O)N1CCC(O)(Cn2cnc3c(NCCN=N)csc3c2=O)CC1)c1ccccc1. The number of hydrogen-bond donors (Lipinski definition) is 3. The van der Waals surface area contributed by atoms with E-state index in [1.807, 2.05) is 40.6 Å². The van der Waals surface area contributed by atoms with E-state index in [0.717, 1.165) is 11.3 Å². The lowest BCUT2D eigenvalue weighted by molar-refractivity contribution is -0.136. The van der Waals surface area contributed by atoms with E-state index in [9.17, 15) is 14.7 Å². The van der Waals surface area contributed by atoms with Crippen LogP contribution in [0.1, 0.15) is 37.7 Å². The predicted octanol–water partition coefficient (Wildman–Crippen LogP) is 3.45. The van der Waals surface area contributed by atoms with Crippen molar-refractivity contribution in [1.82, 2.24) is 14.5 Å². The number of anilines is 1. The molecule has 9 nitrogen and oxygen atoms in total. The molecule has 3 heterocycles. The van der Waals surface area contributed by atoms with Crippen molar-refractivity contribution in [3.8, 4) is 0 Å². The zero-order valence-electron chi connectivity index (χ0n) is 19.2. The summed E-state index contributed by atoms with van der Waals surface area (Å²) in [5, 5.41) is 19.5. The van der Waals surface area contributed by atoms with Gasteiger partial charge in [0.2, 0.25) is 5.91 Å². The number of aromatic nitrogens is 2. The first-order valence-electron chi connectivity index (χ1n) is 11.5. The summed E-state index contributed by atoms with van der Waals surface area (Å²) in [6.07, 6.45) is 2.75. The highest BCUT2D eigenvalue weighted by molar-refractivity contribution is 7.17. The van der Waals surface area contributed by atoms with Crippen LogP contribution in [-0.2, 0) is 11.3 Å². The van der Waals surface area contributed by atoms with Crippen LogP contribution in [0.5, 0.6) is 0 Å². The van der Waals surface area contributed by atoms with Gasteiger partial charge in [-0.2, -0.15) is 5.11 Å². The van der Waals surface area contributed by atoms with E-state index >= 15 is 0 Å². The third kappa shape index (κ3) is 5.34. The van der Waals surface area contributed by atoms with Gasteiger partial charge < -0.3 is 15.3 Å². The normalized spacial score (nSPS) is 16.4. The van der Waals surface area contributed by atoms with E-state index in [1.165, 1.54) is 22.2 Å². The molecule has 0 aliphatic carbocycles. The number of nitrogens with one attached hydrogen (secondary N) is 2. The number of amides is 1. The van der Waals surface area contributed by atoms with E-state index in [4.69, 9.17) is 5.53 Å². The summed E-state index contributed by atoms with van der Waals surface area (Å²) in [7, 11) is 0. The van der Waals surface area contributed by atoms with Crippen LogP contribution in [0.3, 0.4) is 0 Å². The molecular weight excluding hydrogens is 452 g/mol. The van der Waals surface area contributed by atoms with Gasteiger partial charge >= 0.3 is 0 Å². The molecule has 1 aliphatic rings. The first kappa shape index (κ1) is 24.0. The van der Waals surface area contributed by atoms with Crippen LogP contribution in [0.4, 0.5) is 5.69 Å². The number of carbonyl (C=O) groups is 1. The summed E-state index contributed by atoms with van der Waals surface area (Å²) in [5.41, 5.74) is 8.12. The number of hydrogen-bond acceptors (Lipinski definition) is 8. The summed E-state index contributed by atoms with van der Waals surface area (Å²) in [4.78, 5) is 32.1. The molecule has 2 aromatic heterocycles. The molecule has 3 N–H and O–H groups in total. The fourth-order valence-corrected chi connectivity index (χ4v) is 5.29. The van der Waals surface area contributed by atoms with Gasteiger partial charge in [0.05, 0.1) is 30.7 Å². The average molecular weight is 483 g/mol. The Bertz CT molecular complexity index is 1200. The van der Waals surface area contributed by atoms with Crippen LogP contribution >= 0.6 is 11.3 Å². The van der Waals surface area contributed by atoms with Crippen LogP contribution in [0.2, 0.25) is 0 Å². The number of rotatable bonds is 9. The van der Waals surface area contributed by atoms with Crippen LogP contribution in [0.15, 0.2) is 51.9 Å². The number of carbonyl (C=O) groups excluding carboxylic acids is 1. The second-order valence-corrected chi connectivity index (χ2v) is 9.81. The number of likely N-dealkylation sites (tertiary alicyclic amines) is 1. The van der Waals surface area contributed by atoms with Crippen molar-refractivity contribution in [2.45, 2.75) is 44.2 Å². The van der Waals surface area contributed by atoms with Crippen molar-refractivity contribution in [1.29, 1.82) is 5.53 Å².